The third-order valence-corrected chi connectivity index (χ3v) is 9.66. The molecule has 0 aliphatic heterocycles. The Morgan fingerprint density at radius 3 is 1.85 bits per heavy atom. The highest BCUT2D eigenvalue weighted by Gasteiger charge is 2.34. The first-order chi connectivity index (χ1) is 27.8. The van der Waals surface area contributed by atoms with Gasteiger partial charge in [0, 0.05) is 6.54 Å². The zero-order valence-electron chi connectivity index (χ0n) is 37.3. The first-order valence-corrected chi connectivity index (χ1v) is 21.8. The second-order valence-electron chi connectivity index (χ2n) is 17.3. The van der Waals surface area contributed by atoms with Crippen LogP contribution in [0.25, 0.3) is 0 Å². The van der Waals surface area contributed by atoms with E-state index >= 15 is 0 Å². The number of aliphatic hydroxyl groups excluding tert-OH is 1. The number of rotatable bonds is 25. The molecule has 6 atom stereocenters. The third kappa shape index (κ3) is 20.6. The summed E-state index contributed by atoms with van der Waals surface area (Å²) in [5, 5.41) is 36.6. The van der Waals surface area contributed by atoms with Crippen molar-refractivity contribution in [2.24, 2.45) is 23.7 Å². The van der Waals surface area contributed by atoms with Gasteiger partial charge in [-0.2, -0.15) is 11.8 Å². The summed E-state index contributed by atoms with van der Waals surface area (Å²) in [4.78, 5) is 90.9. The second-order valence-corrected chi connectivity index (χ2v) is 18.3. The quantitative estimate of drug-likeness (QED) is 0.0707. The fourth-order valence-electron chi connectivity index (χ4n) is 5.91. The van der Waals surface area contributed by atoms with E-state index < -0.39 is 102 Å². The Kier molecular flexibility index (Phi) is 23.1. The minimum atomic E-state index is -1.37. The monoisotopic (exact) mass is 866 g/mol. The van der Waals surface area contributed by atoms with E-state index in [1.165, 1.54) is 11.8 Å². The van der Waals surface area contributed by atoms with Gasteiger partial charge in [-0.3, -0.25) is 24.0 Å². The highest BCUT2D eigenvalue weighted by atomic mass is 32.2. The van der Waals surface area contributed by atoms with Crippen molar-refractivity contribution in [3.8, 4) is 5.75 Å². The lowest BCUT2D eigenvalue weighted by molar-refractivity contribution is -0.139. The number of hydrogen-bond acceptors (Lipinski definition) is 11. The average Bonchev–Trinajstić information content (AvgIpc) is 3.13. The van der Waals surface area contributed by atoms with Crippen molar-refractivity contribution in [3.63, 3.8) is 0 Å². The Hall–Kier alpha value is -4.58. The average molecular weight is 867 g/mol. The topological polar surface area (TPSA) is 251 Å². The van der Waals surface area contributed by atoms with E-state index in [4.69, 9.17) is 14.6 Å². The van der Waals surface area contributed by atoms with Crippen molar-refractivity contribution < 1.29 is 53.2 Å². The number of aliphatic carboxylic acids is 1. The minimum Gasteiger partial charge on any atom is -0.482 e. The number of benzene rings is 1. The molecule has 0 aliphatic rings. The van der Waals surface area contributed by atoms with Crippen molar-refractivity contribution in [1.82, 2.24) is 31.9 Å². The molecule has 0 saturated carbocycles. The van der Waals surface area contributed by atoms with Gasteiger partial charge in [0.15, 0.2) is 6.61 Å². The number of ether oxygens (including phenoxy) is 2. The smallest absolute Gasteiger partial charge is 0.408 e. The molecule has 8 N–H and O–H groups in total. The van der Waals surface area contributed by atoms with E-state index in [1.54, 1.807) is 86.6 Å². The number of nitrogens with one attached hydrogen (secondary N) is 6. The highest BCUT2D eigenvalue weighted by molar-refractivity contribution is 7.98. The molecular weight excluding hydrogens is 797 g/mol. The molecule has 340 valence electrons. The van der Waals surface area contributed by atoms with Crippen molar-refractivity contribution in [3.05, 3.63) is 29.8 Å². The summed E-state index contributed by atoms with van der Waals surface area (Å²) in [6.07, 6.45) is -0.215. The Morgan fingerprint density at radius 1 is 0.750 bits per heavy atom. The van der Waals surface area contributed by atoms with Crippen LogP contribution in [-0.2, 0) is 40.0 Å². The maximum Gasteiger partial charge on any atom is 0.408 e. The maximum atomic E-state index is 13.8. The largest absolute Gasteiger partial charge is 0.482 e. The van der Waals surface area contributed by atoms with Gasteiger partial charge in [-0.25, -0.2) is 9.59 Å². The summed E-state index contributed by atoms with van der Waals surface area (Å²) in [6, 6.07) is 1.61. The van der Waals surface area contributed by atoms with Crippen LogP contribution in [0.2, 0.25) is 0 Å². The van der Waals surface area contributed by atoms with Crippen molar-refractivity contribution in [2.75, 3.05) is 18.6 Å². The van der Waals surface area contributed by atoms with E-state index in [0.29, 0.717) is 17.1 Å². The van der Waals surface area contributed by atoms with Gasteiger partial charge in [0.1, 0.15) is 35.5 Å². The molecule has 1 aromatic rings. The van der Waals surface area contributed by atoms with Gasteiger partial charge in [0.2, 0.25) is 29.5 Å². The summed E-state index contributed by atoms with van der Waals surface area (Å²) < 4.78 is 10.5. The maximum absolute atomic E-state index is 13.8. The standard InChI is InChI=1S/C42H70N6O11S/c1-23(2)18-30(45-37(53)29(16-17-60-12)44-39(55)36(26(7)8)48-41(57)59-42(9,10)11)31(49)20-32(50)46-35(25(5)6)40(56)47-34(24(3)4)38(54)43-21-27-14-13-15-28(19-27)58-22-33(51)52/h13-15,19,23-26,29-31,34-36,49H,16-18,20-22H2,1-12H3,(H,43,54)(H,44,55)(H,45,53)(H,46,50)(H,47,56)(H,48,57)(H,51,52)/t29-,30-,31-,34-,35-,36-/m0/s1. The normalized spacial score (nSPS) is 14.6. The molecule has 0 aliphatic carbocycles. The molecule has 6 amide bonds. The lowest BCUT2D eigenvalue weighted by atomic mass is 9.95. The molecule has 60 heavy (non-hydrogen) atoms. The number of thioether (sulfide) groups is 1. The van der Waals surface area contributed by atoms with Gasteiger partial charge in [-0.15, -0.1) is 0 Å². The van der Waals surface area contributed by atoms with E-state index in [0.717, 1.165) is 0 Å². The van der Waals surface area contributed by atoms with Crippen molar-refractivity contribution in [1.29, 1.82) is 0 Å². The summed E-state index contributed by atoms with van der Waals surface area (Å²) in [6.45, 7) is 18.9. The number of carbonyl (C=O) groups is 7. The Balaban J connectivity index is 3.07. The molecule has 0 heterocycles. The molecule has 0 aromatic heterocycles. The van der Waals surface area contributed by atoms with E-state index in [1.807, 2.05) is 20.1 Å². The Labute approximate surface area is 359 Å². The van der Waals surface area contributed by atoms with Gasteiger partial charge in [0.05, 0.1) is 18.6 Å². The summed E-state index contributed by atoms with van der Waals surface area (Å²) in [5.41, 5.74) is -0.144. The van der Waals surface area contributed by atoms with Crippen LogP contribution in [-0.4, -0.2) is 112 Å². The number of amides is 6. The minimum absolute atomic E-state index is 0.0156. The molecule has 0 bridgehead atoms. The zero-order chi connectivity index (χ0) is 45.9. The number of carboxylic acid groups (broad SMARTS) is 1. The molecule has 0 radical (unpaired) electrons. The molecule has 0 spiro atoms. The van der Waals surface area contributed by atoms with Crippen LogP contribution >= 0.6 is 11.8 Å². The van der Waals surface area contributed by atoms with Crippen LogP contribution in [0.15, 0.2) is 24.3 Å². The summed E-state index contributed by atoms with van der Waals surface area (Å²) in [5.74, 6) is -4.29. The van der Waals surface area contributed by atoms with E-state index in [9.17, 15) is 38.7 Å². The van der Waals surface area contributed by atoms with Gasteiger partial charge in [-0.1, -0.05) is 67.5 Å². The van der Waals surface area contributed by atoms with Gasteiger partial charge in [-0.05, 0) is 87.0 Å². The van der Waals surface area contributed by atoms with Gasteiger partial charge < -0.3 is 51.6 Å². The number of alkyl carbamates (subject to hydrolysis) is 1. The van der Waals surface area contributed by atoms with E-state index in [2.05, 4.69) is 31.9 Å². The van der Waals surface area contributed by atoms with Crippen LogP contribution < -0.4 is 36.6 Å². The van der Waals surface area contributed by atoms with Crippen LogP contribution in [0, 0.1) is 23.7 Å². The molecule has 17 nitrogen and oxygen atoms in total. The molecule has 18 heteroatoms. The lowest BCUT2D eigenvalue weighted by Crippen LogP contribution is -2.58. The number of carbonyl (C=O) groups excluding carboxylic acids is 6. The highest BCUT2D eigenvalue weighted by Crippen LogP contribution is 2.16. The zero-order valence-corrected chi connectivity index (χ0v) is 38.1. The molecule has 0 unspecified atom stereocenters. The van der Waals surface area contributed by atoms with Crippen LogP contribution in [0.1, 0.15) is 101 Å². The fraction of sp³-hybridized carbons (Fsp3) is 0.690. The molecule has 0 saturated heterocycles. The molecule has 1 rings (SSSR count). The van der Waals surface area contributed by atoms with Crippen LogP contribution in [0.3, 0.4) is 0 Å². The van der Waals surface area contributed by atoms with E-state index in [-0.39, 0.29) is 37.1 Å². The number of aliphatic hydroxyl groups is 1. The molecule has 0 fully saturated rings. The Bertz CT molecular complexity index is 1580. The Morgan fingerprint density at radius 2 is 1.32 bits per heavy atom. The first-order valence-electron chi connectivity index (χ1n) is 20.4. The van der Waals surface area contributed by atoms with Gasteiger partial charge in [0.25, 0.3) is 0 Å². The summed E-state index contributed by atoms with van der Waals surface area (Å²) >= 11 is 1.47. The van der Waals surface area contributed by atoms with Crippen molar-refractivity contribution >= 4 is 53.4 Å². The summed E-state index contributed by atoms with van der Waals surface area (Å²) in [7, 11) is 0. The number of carboxylic acids is 1. The van der Waals surface area contributed by atoms with Gasteiger partial charge >= 0.3 is 12.1 Å². The number of hydrogen-bond donors (Lipinski definition) is 8. The molecular formula is C42H70N6O11S. The first kappa shape index (κ1) is 53.4. The fourth-order valence-corrected chi connectivity index (χ4v) is 6.38. The lowest BCUT2D eigenvalue weighted by Gasteiger charge is -2.30. The van der Waals surface area contributed by atoms with Crippen molar-refractivity contribution in [2.45, 2.75) is 144 Å². The second kappa shape index (κ2) is 25.9. The molecule has 1 aromatic carbocycles. The van der Waals surface area contributed by atoms with Crippen LogP contribution in [0.5, 0.6) is 5.75 Å². The van der Waals surface area contributed by atoms with Crippen LogP contribution in [0.4, 0.5) is 4.79 Å². The SMILES string of the molecule is CSCC[C@H](NC(=O)[C@@H](NC(=O)OC(C)(C)C)C(C)C)C(=O)N[C@@H](CC(C)C)[C@@H](O)CC(=O)N[C@H](C(=O)N[C@H](C(=O)NCc1cccc(OCC(=O)O)c1)C(C)C)C(C)C. The predicted molar refractivity (Wildman–Crippen MR) is 230 cm³/mol. The third-order valence-electron chi connectivity index (χ3n) is 9.02. The predicted octanol–water partition coefficient (Wildman–Crippen LogP) is 3.12.